The van der Waals surface area contributed by atoms with E-state index in [9.17, 15) is 9.59 Å². The number of carbonyl (C=O) groups excluding carboxylic acids is 2. The Hall–Kier alpha value is -4.03. The van der Waals surface area contributed by atoms with Crippen molar-refractivity contribution in [1.82, 2.24) is 15.1 Å². The van der Waals surface area contributed by atoms with Gasteiger partial charge in [0.05, 0.1) is 44.5 Å². The van der Waals surface area contributed by atoms with Crippen molar-refractivity contribution >= 4 is 23.4 Å². The van der Waals surface area contributed by atoms with Gasteiger partial charge in [-0.3, -0.25) is 19.4 Å². The van der Waals surface area contributed by atoms with Gasteiger partial charge in [-0.25, -0.2) is 0 Å². The molecule has 0 unspecified atom stereocenters. The molecule has 5 rings (SSSR count). The average molecular weight is 625 g/mol. The molecule has 12 heteroatoms. The van der Waals surface area contributed by atoms with Gasteiger partial charge in [-0.1, -0.05) is 29.8 Å². The molecule has 2 amide bonds. The van der Waals surface area contributed by atoms with Crippen LogP contribution in [0.3, 0.4) is 0 Å². The second kappa shape index (κ2) is 14.2. The fraction of sp³-hybridized carbons (Fsp3) is 0.375. The number of benzene rings is 3. The Bertz CT molecular complexity index is 1500. The summed E-state index contributed by atoms with van der Waals surface area (Å²) < 4.78 is 29.1. The van der Waals surface area contributed by atoms with E-state index in [1.54, 1.807) is 13.2 Å². The number of primary amides is 1. The summed E-state index contributed by atoms with van der Waals surface area (Å²) in [5, 5.41) is 3.51. The third kappa shape index (κ3) is 7.92. The van der Waals surface area contributed by atoms with Gasteiger partial charge in [0, 0.05) is 26.2 Å². The lowest BCUT2D eigenvalue weighted by atomic mass is 10.1. The zero-order valence-corrected chi connectivity index (χ0v) is 25.8. The fourth-order valence-electron chi connectivity index (χ4n) is 5.49. The second-order valence-corrected chi connectivity index (χ2v) is 11.4. The Morgan fingerprint density at radius 2 is 1.86 bits per heavy atom. The zero-order chi connectivity index (χ0) is 31.2. The van der Waals surface area contributed by atoms with Crippen LogP contribution in [0.2, 0.25) is 5.02 Å². The second-order valence-electron chi connectivity index (χ2n) is 11.0. The number of fused-ring (bicyclic) bond motifs is 5. The molecular weight excluding hydrogens is 588 g/mol. The van der Waals surface area contributed by atoms with Gasteiger partial charge in [0.25, 0.3) is 5.91 Å². The summed E-state index contributed by atoms with van der Waals surface area (Å²) in [4.78, 5) is 28.5. The van der Waals surface area contributed by atoms with E-state index in [2.05, 4.69) is 10.2 Å². The highest BCUT2D eigenvalue weighted by Crippen LogP contribution is 2.37. The van der Waals surface area contributed by atoms with Crippen molar-refractivity contribution in [2.24, 2.45) is 5.73 Å². The van der Waals surface area contributed by atoms with Crippen LogP contribution in [0.25, 0.3) is 0 Å². The lowest BCUT2D eigenvalue weighted by Crippen LogP contribution is -2.47. The van der Waals surface area contributed by atoms with Crippen LogP contribution >= 0.6 is 11.6 Å². The van der Waals surface area contributed by atoms with Crippen LogP contribution in [0.5, 0.6) is 28.7 Å². The van der Waals surface area contributed by atoms with Crippen LogP contribution in [-0.2, 0) is 34.0 Å². The van der Waals surface area contributed by atoms with E-state index in [-0.39, 0.29) is 37.0 Å². The minimum absolute atomic E-state index is 0.0901. The number of nitrogens with zero attached hydrogens (tertiary/aromatic N) is 2. The van der Waals surface area contributed by atoms with Gasteiger partial charge in [0.1, 0.15) is 5.75 Å². The van der Waals surface area contributed by atoms with Gasteiger partial charge >= 0.3 is 0 Å². The summed E-state index contributed by atoms with van der Waals surface area (Å²) in [5.41, 5.74) is 8.03. The molecule has 234 valence electrons. The van der Waals surface area contributed by atoms with E-state index in [1.165, 1.54) is 7.11 Å². The van der Waals surface area contributed by atoms with Crippen LogP contribution in [0.1, 0.15) is 16.7 Å². The van der Waals surface area contributed by atoms with Gasteiger partial charge in [-0.2, -0.15) is 0 Å². The van der Waals surface area contributed by atoms with Crippen molar-refractivity contribution in [2.75, 3.05) is 47.5 Å². The molecule has 2 aliphatic rings. The van der Waals surface area contributed by atoms with E-state index in [0.29, 0.717) is 60.8 Å². The molecule has 0 aliphatic carbocycles. The predicted octanol–water partition coefficient (Wildman–Crippen LogP) is 3.34. The number of hydrogen-bond donors (Lipinski definition) is 2. The number of rotatable bonds is 7. The maximum Gasteiger partial charge on any atom is 0.255 e. The number of carbonyl (C=O) groups is 2. The summed E-state index contributed by atoms with van der Waals surface area (Å²) in [6.07, 6.45) is -0.259. The monoisotopic (exact) mass is 624 g/mol. The van der Waals surface area contributed by atoms with E-state index >= 15 is 0 Å². The Kier molecular flexibility index (Phi) is 10.1. The maximum absolute atomic E-state index is 13.2. The molecule has 2 heterocycles. The summed E-state index contributed by atoms with van der Waals surface area (Å²) in [6.45, 7) is 2.47. The molecule has 3 N–H and O–H groups in total. The van der Waals surface area contributed by atoms with Crippen LogP contribution in [0.4, 0.5) is 0 Å². The number of nitrogens with two attached hydrogens (primary N) is 1. The molecule has 3 aromatic rings. The summed E-state index contributed by atoms with van der Waals surface area (Å²) >= 11 is 6.49. The third-order valence-electron chi connectivity index (χ3n) is 7.43. The minimum atomic E-state index is -0.615. The van der Waals surface area contributed by atoms with Gasteiger partial charge in [-0.15, -0.1) is 0 Å². The third-order valence-corrected chi connectivity index (χ3v) is 7.71. The lowest BCUT2D eigenvalue weighted by molar-refractivity contribution is -0.123. The van der Waals surface area contributed by atoms with Gasteiger partial charge in [0.15, 0.2) is 29.6 Å². The standard InChI is InChI=1S/C32H37ClN4O7/c1-36-13-20-7-8-26(40-2)27(11-20)44-23-6-4-5-21(9-23)18-42-29-16-37(15-25(29)35-31(39)17-36)14-22-10-24(33)32(28(12-22)41-3)43-19-30(34)38/h4-12,25,29H,13-19H2,1-3H3,(H2,34,38)(H,35,39)/t25-,29-/m0/s1. The first-order chi connectivity index (χ1) is 21.2. The maximum atomic E-state index is 13.2. The summed E-state index contributed by atoms with van der Waals surface area (Å²) in [6, 6.07) is 16.9. The molecule has 0 radical (unpaired) electrons. The molecule has 11 nitrogen and oxygen atoms in total. The molecule has 3 aromatic carbocycles. The summed E-state index contributed by atoms with van der Waals surface area (Å²) in [7, 11) is 5.01. The highest BCUT2D eigenvalue weighted by Gasteiger charge is 2.35. The molecule has 0 aromatic heterocycles. The van der Waals surface area contributed by atoms with Gasteiger partial charge in [-0.05, 0) is 60.1 Å². The fourth-order valence-corrected chi connectivity index (χ4v) is 5.78. The number of likely N-dealkylation sites (N-methyl/N-ethyl adjacent to an activating group) is 1. The van der Waals surface area contributed by atoms with Crippen molar-refractivity contribution in [3.8, 4) is 28.7 Å². The highest BCUT2D eigenvalue weighted by molar-refractivity contribution is 6.32. The number of amides is 2. The Labute approximate surface area is 261 Å². The smallest absolute Gasteiger partial charge is 0.255 e. The molecule has 44 heavy (non-hydrogen) atoms. The van der Waals surface area contributed by atoms with Crippen LogP contribution < -0.4 is 30.0 Å². The van der Waals surface area contributed by atoms with Crippen molar-refractivity contribution < 1.29 is 33.3 Å². The molecule has 0 saturated carbocycles. The normalized spacial score (nSPS) is 19.4. The minimum Gasteiger partial charge on any atom is -0.493 e. The average Bonchev–Trinajstić information content (AvgIpc) is 3.35. The SMILES string of the molecule is COc1ccc2cc1Oc1cccc(c1)CO[C@H]1CN(Cc3cc(Cl)c(OCC(N)=O)c(OC)c3)C[C@@H]1NC(=O)CN(C)C2. The topological polar surface area (TPSA) is 125 Å². The van der Waals surface area contributed by atoms with E-state index in [0.717, 1.165) is 16.7 Å². The summed E-state index contributed by atoms with van der Waals surface area (Å²) in [5.74, 6) is 1.85. The molecule has 0 spiro atoms. The van der Waals surface area contributed by atoms with Crippen molar-refractivity contribution in [3.05, 3.63) is 76.3 Å². The Morgan fingerprint density at radius 1 is 1.05 bits per heavy atom. The molecule has 1 fully saturated rings. The number of hydrogen-bond acceptors (Lipinski definition) is 9. The van der Waals surface area contributed by atoms with E-state index in [1.807, 2.05) is 60.5 Å². The van der Waals surface area contributed by atoms with Gasteiger partial charge in [0.2, 0.25) is 5.91 Å². The first-order valence-electron chi connectivity index (χ1n) is 14.2. The van der Waals surface area contributed by atoms with Gasteiger partial charge < -0.3 is 34.7 Å². The van der Waals surface area contributed by atoms with E-state index < -0.39 is 5.91 Å². The molecular formula is C32H37ClN4O7. The van der Waals surface area contributed by atoms with Crippen molar-refractivity contribution in [2.45, 2.75) is 31.8 Å². The quantitative estimate of drug-likeness (QED) is 0.407. The first kappa shape index (κ1) is 31.4. The number of halogens is 1. The molecule has 2 atom stereocenters. The predicted molar refractivity (Wildman–Crippen MR) is 164 cm³/mol. The number of likely N-dealkylation sites (tertiary alicyclic amines) is 1. The van der Waals surface area contributed by atoms with Crippen LogP contribution in [0, 0.1) is 0 Å². The number of ether oxygens (including phenoxy) is 5. The van der Waals surface area contributed by atoms with E-state index in [4.69, 9.17) is 41.0 Å². The molecule has 4 bridgehead atoms. The van der Waals surface area contributed by atoms with Crippen molar-refractivity contribution in [3.63, 3.8) is 0 Å². The lowest BCUT2D eigenvalue weighted by Gasteiger charge is -2.23. The largest absolute Gasteiger partial charge is 0.493 e. The van der Waals surface area contributed by atoms with Crippen molar-refractivity contribution in [1.29, 1.82) is 0 Å². The zero-order valence-electron chi connectivity index (χ0n) is 25.0. The number of nitrogens with one attached hydrogen (secondary N) is 1. The molecule has 1 saturated heterocycles. The highest BCUT2D eigenvalue weighted by atomic mass is 35.5. The number of methoxy groups -OCH3 is 2. The first-order valence-corrected chi connectivity index (χ1v) is 14.6. The Morgan fingerprint density at radius 3 is 2.64 bits per heavy atom. The molecule has 2 aliphatic heterocycles. The van der Waals surface area contributed by atoms with Crippen LogP contribution in [0.15, 0.2) is 54.6 Å². The van der Waals surface area contributed by atoms with Crippen LogP contribution in [-0.4, -0.2) is 81.3 Å². The Balaban J connectivity index is 1.35.